The predicted molar refractivity (Wildman–Crippen MR) is 71.6 cm³/mol. The third kappa shape index (κ3) is 3.36. The number of nitrogens with one attached hydrogen (secondary N) is 1. The molecule has 2 rings (SSSR count). The van der Waals surface area contributed by atoms with Crippen molar-refractivity contribution in [1.29, 1.82) is 0 Å². The number of methoxy groups -OCH3 is 1. The zero-order valence-electron chi connectivity index (χ0n) is 11.0. The van der Waals surface area contributed by atoms with E-state index in [-0.39, 0.29) is 18.7 Å². The van der Waals surface area contributed by atoms with Crippen LogP contribution in [0.4, 0.5) is 0 Å². The van der Waals surface area contributed by atoms with Gasteiger partial charge in [-0.05, 0) is 12.1 Å². The highest BCUT2D eigenvalue weighted by Crippen LogP contribution is 2.18. The lowest BCUT2D eigenvalue weighted by atomic mass is 10.2. The molecule has 6 heteroatoms. The first-order chi connectivity index (χ1) is 9.60. The molecule has 0 saturated heterocycles. The normalized spacial score (nSPS) is 12.2. The summed E-state index contributed by atoms with van der Waals surface area (Å²) in [4.78, 5) is 22.5. The van der Waals surface area contributed by atoms with Crippen LogP contribution in [0.3, 0.4) is 0 Å². The van der Waals surface area contributed by atoms with Gasteiger partial charge >= 0.3 is 5.97 Å². The molecule has 1 aromatic carbocycles. The van der Waals surface area contributed by atoms with Crippen LogP contribution in [0, 0.1) is 0 Å². The van der Waals surface area contributed by atoms with Gasteiger partial charge in [0, 0.05) is 19.0 Å². The Morgan fingerprint density at radius 2 is 2.15 bits per heavy atom. The molecular formula is C14H15NO5. The second-order valence-corrected chi connectivity index (χ2v) is 4.31. The van der Waals surface area contributed by atoms with Crippen LogP contribution in [-0.2, 0) is 9.53 Å². The van der Waals surface area contributed by atoms with Gasteiger partial charge in [0.15, 0.2) is 5.76 Å². The number of para-hydroxylation sites is 1. The topological polar surface area (TPSA) is 88.8 Å². The molecule has 0 spiro atoms. The third-order valence-corrected chi connectivity index (χ3v) is 2.88. The number of hydrogen-bond donors (Lipinski definition) is 2. The van der Waals surface area contributed by atoms with Crippen LogP contribution in [0.5, 0.6) is 0 Å². The van der Waals surface area contributed by atoms with Crippen LogP contribution < -0.4 is 5.32 Å². The molecule has 2 aromatic rings. The molecular weight excluding hydrogens is 262 g/mol. The summed E-state index contributed by atoms with van der Waals surface area (Å²) < 4.78 is 10.4. The number of fused-ring (bicyclic) bond motifs is 1. The van der Waals surface area contributed by atoms with Crippen LogP contribution in [0.1, 0.15) is 17.0 Å². The Kier molecular flexibility index (Phi) is 4.37. The number of furan rings is 1. The van der Waals surface area contributed by atoms with E-state index in [0.717, 1.165) is 5.39 Å². The van der Waals surface area contributed by atoms with Crippen molar-refractivity contribution in [1.82, 2.24) is 5.32 Å². The minimum atomic E-state index is -0.977. The maximum atomic E-state index is 11.9. The molecule has 1 amide bonds. The molecule has 0 saturated carbocycles. The van der Waals surface area contributed by atoms with Crippen molar-refractivity contribution in [3.05, 3.63) is 36.1 Å². The van der Waals surface area contributed by atoms with E-state index in [0.29, 0.717) is 5.58 Å². The molecule has 1 unspecified atom stereocenters. The van der Waals surface area contributed by atoms with E-state index in [1.165, 1.54) is 7.11 Å². The zero-order chi connectivity index (χ0) is 14.5. The minimum Gasteiger partial charge on any atom is -0.481 e. The lowest BCUT2D eigenvalue weighted by Gasteiger charge is -2.13. The highest BCUT2D eigenvalue weighted by Gasteiger charge is 2.16. The highest BCUT2D eigenvalue weighted by atomic mass is 16.5. The summed E-state index contributed by atoms with van der Waals surface area (Å²) in [6, 6.07) is 8.94. The smallest absolute Gasteiger partial charge is 0.306 e. The fourth-order valence-electron chi connectivity index (χ4n) is 1.82. The average Bonchev–Trinajstić information content (AvgIpc) is 2.86. The van der Waals surface area contributed by atoms with Crippen molar-refractivity contribution < 1.29 is 23.8 Å². The molecule has 0 bridgehead atoms. The van der Waals surface area contributed by atoms with Crippen molar-refractivity contribution in [3.8, 4) is 0 Å². The SMILES string of the molecule is COC(CNC(=O)c1cc2ccccc2o1)CC(=O)O. The number of aliphatic carboxylic acids is 1. The Bertz CT molecular complexity index is 586. The average molecular weight is 277 g/mol. The molecule has 0 radical (unpaired) electrons. The highest BCUT2D eigenvalue weighted by molar-refractivity contribution is 5.96. The van der Waals surface area contributed by atoms with Gasteiger partial charge in [0.1, 0.15) is 5.58 Å². The molecule has 6 nitrogen and oxygen atoms in total. The second kappa shape index (κ2) is 6.21. The maximum absolute atomic E-state index is 11.9. The Balaban J connectivity index is 1.99. The van der Waals surface area contributed by atoms with E-state index in [9.17, 15) is 9.59 Å². The molecule has 1 heterocycles. The molecule has 0 aliphatic heterocycles. The summed E-state index contributed by atoms with van der Waals surface area (Å²) in [6.45, 7) is 0.110. The number of carboxylic acids is 1. The summed E-state index contributed by atoms with van der Waals surface area (Å²) in [5.41, 5.74) is 0.631. The van der Waals surface area contributed by atoms with Crippen molar-refractivity contribution >= 4 is 22.8 Å². The number of carboxylic acid groups (broad SMARTS) is 1. The summed E-state index contributed by atoms with van der Waals surface area (Å²) >= 11 is 0. The molecule has 106 valence electrons. The van der Waals surface area contributed by atoms with Gasteiger partial charge in [0.2, 0.25) is 0 Å². The largest absolute Gasteiger partial charge is 0.481 e. The van der Waals surface area contributed by atoms with E-state index in [1.807, 2.05) is 18.2 Å². The van der Waals surface area contributed by atoms with Gasteiger partial charge in [-0.3, -0.25) is 9.59 Å². The van der Waals surface area contributed by atoms with Crippen molar-refractivity contribution in [2.45, 2.75) is 12.5 Å². The Hall–Kier alpha value is -2.34. The lowest BCUT2D eigenvalue weighted by Crippen LogP contribution is -2.34. The summed E-state index contributed by atoms with van der Waals surface area (Å²) in [7, 11) is 1.40. The van der Waals surface area contributed by atoms with E-state index in [1.54, 1.807) is 12.1 Å². The second-order valence-electron chi connectivity index (χ2n) is 4.31. The summed E-state index contributed by atoms with van der Waals surface area (Å²) in [6.07, 6.45) is -0.738. The first kappa shape index (κ1) is 14.1. The third-order valence-electron chi connectivity index (χ3n) is 2.88. The first-order valence-electron chi connectivity index (χ1n) is 6.11. The van der Waals surface area contributed by atoms with Gasteiger partial charge in [-0.1, -0.05) is 18.2 Å². The van der Waals surface area contributed by atoms with E-state index in [2.05, 4.69) is 5.32 Å². The molecule has 1 aromatic heterocycles. The van der Waals surface area contributed by atoms with Gasteiger partial charge < -0.3 is 19.6 Å². The first-order valence-corrected chi connectivity index (χ1v) is 6.11. The lowest BCUT2D eigenvalue weighted by molar-refractivity contribution is -0.139. The molecule has 0 aliphatic rings. The number of rotatable bonds is 6. The number of carbonyl (C=O) groups is 2. The molecule has 0 aliphatic carbocycles. The maximum Gasteiger partial charge on any atom is 0.306 e. The van der Waals surface area contributed by atoms with Crippen LogP contribution >= 0.6 is 0 Å². The molecule has 2 N–H and O–H groups in total. The van der Waals surface area contributed by atoms with Gasteiger partial charge in [-0.2, -0.15) is 0 Å². The van der Waals surface area contributed by atoms with Gasteiger partial charge in [0.05, 0.1) is 12.5 Å². The van der Waals surface area contributed by atoms with Crippen molar-refractivity contribution in [3.63, 3.8) is 0 Å². The quantitative estimate of drug-likeness (QED) is 0.838. The summed E-state index contributed by atoms with van der Waals surface area (Å²) in [5.74, 6) is -1.18. The Labute approximate surface area is 115 Å². The van der Waals surface area contributed by atoms with Gasteiger partial charge in [-0.15, -0.1) is 0 Å². The van der Waals surface area contributed by atoms with Crippen LogP contribution in [0.25, 0.3) is 11.0 Å². The Morgan fingerprint density at radius 1 is 1.40 bits per heavy atom. The van der Waals surface area contributed by atoms with Gasteiger partial charge in [-0.25, -0.2) is 0 Å². The zero-order valence-corrected chi connectivity index (χ0v) is 11.0. The fourth-order valence-corrected chi connectivity index (χ4v) is 1.82. The summed E-state index contributed by atoms with van der Waals surface area (Å²) in [5, 5.41) is 12.1. The number of hydrogen-bond acceptors (Lipinski definition) is 4. The molecule has 20 heavy (non-hydrogen) atoms. The van der Waals surface area contributed by atoms with Crippen molar-refractivity contribution in [2.75, 3.05) is 13.7 Å². The molecule has 1 atom stereocenters. The number of carbonyl (C=O) groups excluding carboxylic acids is 1. The monoisotopic (exact) mass is 277 g/mol. The minimum absolute atomic E-state index is 0.110. The standard InChI is InChI=1S/C14H15NO5/c1-19-10(7-13(16)17)8-15-14(18)12-6-9-4-2-3-5-11(9)20-12/h2-6,10H,7-8H2,1H3,(H,15,18)(H,16,17). The van der Waals surface area contributed by atoms with Crippen LogP contribution in [-0.4, -0.2) is 36.7 Å². The van der Waals surface area contributed by atoms with E-state index < -0.39 is 18.0 Å². The van der Waals surface area contributed by atoms with E-state index >= 15 is 0 Å². The van der Waals surface area contributed by atoms with Crippen LogP contribution in [0.15, 0.2) is 34.7 Å². The fraction of sp³-hybridized carbons (Fsp3) is 0.286. The van der Waals surface area contributed by atoms with E-state index in [4.69, 9.17) is 14.3 Å². The van der Waals surface area contributed by atoms with Gasteiger partial charge in [0.25, 0.3) is 5.91 Å². The number of benzene rings is 1. The number of ether oxygens (including phenoxy) is 1. The number of amides is 1. The Morgan fingerprint density at radius 3 is 2.80 bits per heavy atom. The predicted octanol–water partition coefficient (Wildman–Crippen LogP) is 1.65. The van der Waals surface area contributed by atoms with Crippen LogP contribution in [0.2, 0.25) is 0 Å². The van der Waals surface area contributed by atoms with Crippen molar-refractivity contribution in [2.24, 2.45) is 0 Å². The molecule has 0 fully saturated rings.